The molecular formula is C10H11ClN4OS. The lowest BCUT2D eigenvalue weighted by Crippen LogP contribution is -2.03. The molecule has 7 heteroatoms. The fourth-order valence-corrected chi connectivity index (χ4v) is 2.40. The second-order valence-corrected chi connectivity index (χ2v) is 4.83. The summed E-state index contributed by atoms with van der Waals surface area (Å²) in [6.45, 7) is 0. The Morgan fingerprint density at radius 3 is 2.88 bits per heavy atom. The number of rotatable bonds is 4. The van der Waals surface area contributed by atoms with Crippen molar-refractivity contribution in [2.75, 3.05) is 5.75 Å². The van der Waals surface area contributed by atoms with Gasteiger partial charge in [0.2, 0.25) is 5.16 Å². The third-order valence-corrected chi connectivity index (χ3v) is 3.65. The molecule has 0 bridgehead atoms. The van der Waals surface area contributed by atoms with E-state index in [4.69, 9.17) is 11.6 Å². The Bertz CT molecular complexity index is 505. The maximum absolute atomic E-state index is 10.0. The minimum Gasteiger partial charge on any atom is -0.387 e. The smallest absolute Gasteiger partial charge is 0.209 e. The van der Waals surface area contributed by atoms with Gasteiger partial charge in [-0.15, -0.1) is 5.10 Å². The number of aryl methyl sites for hydroxylation is 1. The Kier molecular flexibility index (Phi) is 3.98. The average Bonchev–Trinajstić information content (AvgIpc) is 2.72. The SMILES string of the molecule is Cn1nnnc1SCC(O)c1ccccc1Cl. The van der Waals surface area contributed by atoms with Crippen LogP contribution in [0.5, 0.6) is 0 Å². The highest BCUT2D eigenvalue weighted by molar-refractivity contribution is 7.99. The van der Waals surface area contributed by atoms with E-state index in [0.29, 0.717) is 15.9 Å². The number of halogens is 1. The number of benzene rings is 1. The number of aliphatic hydroxyl groups is 1. The predicted molar refractivity (Wildman–Crippen MR) is 65.9 cm³/mol. The second-order valence-electron chi connectivity index (χ2n) is 3.43. The summed E-state index contributed by atoms with van der Waals surface area (Å²) in [5.74, 6) is 0.456. The Morgan fingerprint density at radius 2 is 2.24 bits per heavy atom. The standard InChI is InChI=1S/C10H11ClN4OS/c1-15-10(12-13-14-15)17-6-9(16)7-4-2-3-5-8(7)11/h2-5,9,16H,6H2,1H3. The van der Waals surface area contributed by atoms with Crippen LogP contribution in [0, 0.1) is 0 Å². The lowest BCUT2D eigenvalue weighted by atomic mass is 10.1. The minimum absolute atomic E-state index is 0.456. The number of tetrazole rings is 1. The van der Waals surface area contributed by atoms with Crippen molar-refractivity contribution in [3.05, 3.63) is 34.9 Å². The van der Waals surface area contributed by atoms with E-state index >= 15 is 0 Å². The van der Waals surface area contributed by atoms with Crippen LogP contribution in [-0.2, 0) is 7.05 Å². The first kappa shape index (κ1) is 12.3. The Morgan fingerprint density at radius 1 is 1.47 bits per heavy atom. The number of thioether (sulfide) groups is 1. The molecule has 0 spiro atoms. The van der Waals surface area contributed by atoms with E-state index in [1.807, 2.05) is 18.2 Å². The summed E-state index contributed by atoms with van der Waals surface area (Å²) in [5.41, 5.74) is 0.719. The van der Waals surface area contributed by atoms with Crippen molar-refractivity contribution in [3.8, 4) is 0 Å². The Hall–Kier alpha value is -1.11. The predicted octanol–water partition coefficient (Wildman–Crippen LogP) is 1.69. The van der Waals surface area contributed by atoms with Crippen LogP contribution in [0.4, 0.5) is 0 Å². The third-order valence-electron chi connectivity index (χ3n) is 2.22. The van der Waals surface area contributed by atoms with E-state index in [1.165, 1.54) is 11.8 Å². The van der Waals surface area contributed by atoms with Gasteiger partial charge in [0.15, 0.2) is 0 Å². The molecule has 0 saturated heterocycles. The highest BCUT2D eigenvalue weighted by atomic mass is 35.5. The molecule has 0 saturated carbocycles. The van der Waals surface area contributed by atoms with Crippen LogP contribution < -0.4 is 0 Å². The zero-order chi connectivity index (χ0) is 12.3. The molecule has 5 nitrogen and oxygen atoms in total. The van der Waals surface area contributed by atoms with Crippen molar-refractivity contribution in [3.63, 3.8) is 0 Å². The topological polar surface area (TPSA) is 63.8 Å². The van der Waals surface area contributed by atoms with Crippen molar-refractivity contribution in [1.82, 2.24) is 20.2 Å². The van der Waals surface area contributed by atoms with Gasteiger partial charge in [0, 0.05) is 17.8 Å². The summed E-state index contributed by atoms with van der Waals surface area (Å²) in [7, 11) is 1.75. The molecule has 1 atom stereocenters. The molecule has 90 valence electrons. The molecule has 1 aromatic carbocycles. The van der Waals surface area contributed by atoms with E-state index in [9.17, 15) is 5.11 Å². The monoisotopic (exact) mass is 270 g/mol. The highest BCUT2D eigenvalue weighted by Gasteiger charge is 2.13. The number of hydrogen-bond acceptors (Lipinski definition) is 5. The van der Waals surface area contributed by atoms with Gasteiger partial charge in [0.05, 0.1) is 6.10 Å². The van der Waals surface area contributed by atoms with E-state index in [-0.39, 0.29) is 0 Å². The molecule has 1 unspecified atom stereocenters. The molecule has 0 amide bonds. The summed E-state index contributed by atoms with van der Waals surface area (Å²) in [4.78, 5) is 0. The molecule has 2 rings (SSSR count). The van der Waals surface area contributed by atoms with Gasteiger partial charge in [-0.05, 0) is 22.1 Å². The quantitative estimate of drug-likeness (QED) is 0.857. The highest BCUT2D eigenvalue weighted by Crippen LogP contribution is 2.27. The first-order valence-corrected chi connectivity index (χ1v) is 6.32. The second kappa shape index (κ2) is 5.48. The molecule has 1 N–H and O–H groups in total. The molecule has 17 heavy (non-hydrogen) atoms. The number of aliphatic hydroxyl groups excluding tert-OH is 1. The summed E-state index contributed by atoms with van der Waals surface area (Å²) in [6, 6.07) is 7.24. The molecule has 0 aliphatic rings. The van der Waals surface area contributed by atoms with E-state index in [2.05, 4.69) is 15.5 Å². The molecule has 2 aromatic rings. The van der Waals surface area contributed by atoms with Crippen LogP contribution >= 0.6 is 23.4 Å². The molecular weight excluding hydrogens is 260 g/mol. The lowest BCUT2D eigenvalue weighted by Gasteiger charge is -2.11. The van der Waals surface area contributed by atoms with Gasteiger partial charge in [-0.2, -0.15) is 0 Å². The van der Waals surface area contributed by atoms with Crippen molar-refractivity contribution in [2.24, 2.45) is 7.05 Å². The van der Waals surface area contributed by atoms with Crippen LogP contribution in [0.15, 0.2) is 29.4 Å². The van der Waals surface area contributed by atoms with Crippen LogP contribution in [-0.4, -0.2) is 31.1 Å². The average molecular weight is 271 g/mol. The van der Waals surface area contributed by atoms with E-state index in [0.717, 1.165) is 5.56 Å². The number of hydrogen-bond donors (Lipinski definition) is 1. The molecule has 1 aromatic heterocycles. The van der Waals surface area contributed by atoms with Crippen LogP contribution in [0.2, 0.25) is 5.02 Å². The summed E-state index contributed by atoms with van der Waals surface area (Å²) in [6.07, 6.45) is -0.634. The fraction of sp³-hybridized carbons (Fsp3) is 0.300. The zero-order valence-corrected chi connectivity index (χ0v) is 10.7. The van der Waals surface area contributed by atoms with Crippen molar-refractivity contribution in [2.45, 2.75) is 11.3 Å². The van der Waals surface area contributed by atoms with Crippen LogP contribution in [0.3, 0.4) is 0 Å². The molecule has 0 aliphatic carbocycles. The van der Waals surface area contributed by atoms with E-state index in [1.54, 1.807) is 17.8 Å². The van der Waals surface area contributed by atoms with Crippen LogP contribution in [0.1, 0.15) is 11.7 Å². The van der Waals surface area contributed by atoms with E-state index < -0.39 is 6.10 Å². The molecule has 0 radical (unpaired) electrons. The van der Waals surface area contributed by atoms with Crippen molar-refractivity contribution >= 4 is 23.4 Å². The number of aromatic nitrogens is 4. The lowest BCUT2D eigenvalue weighted by molar-refractivity contribution is 0.204. The molecule has 0 aliphatic heterocycles. The zero-order valence-electron chi connectivity index (χ0n) is 9.12. The Balaban J connectivity index is 2.01. The molecule has 1 heterocycles. The van der Waals surface area contributed by atoms with Gasteiger partial charge < -0.3 is 5.11 Å². The first-order chi connectivity index (χ1) is 8.18. The van der Waals surface area contributed by atoms with Gasteiger partial charge in [-0.25, -0.2) is 4.68 Å². The van der Waals surface area contributed by atoms with Gasteiger partial charge >= 0.3 is 0 Å². The minimum atomic E-state index is -0.634. The van der Waals surface area contributed by atoms with Crippen molar-refractivity contribution < 1.29 is 5.11 Å². The number of nitrogens with zero attached hydrogens (tertiary/aromatic N) is 4. The van der Waals surface area contributed by atoms with Gasteiger partial charge in [-0.3, -0.25) is 0 Å². The maximum Gasteiger partial charge on any atom is 0.209 e. The summed E-state index contributed by atoms with van der Waals surface area (Å²) < 4.78 is 1.56. The summed E-state index contributed by atoms with van der Waals surface area (Å²) in [5, 5.41) is 22.3. The largest absolute Gasteiger partial charge is 0.387 e. The third kappa shape index (κ3) is 2.96. The summed E-state index contributed by atoms with van der Waals surface area (Å²) >= 11 is 7.38. The van der Waals surface area contributed by atoms with Gasteiger partial charge in [-0.1, -0.05) is 41.6 Å². The van der Waals surface area contributed by atoms with Crippen LogP contribution in [0.25, 0.3) is 0 Å². The maximum atomic E-state index is 10.0. The molecule has 0 fully saturated rings. The first-order valence-electron chi connectivity index (χ1n) is 4.96. The fourth-order valence-electron chi connectivity index (χ4n) is 1.33. The van der Waals surface area contributed by atoms with Gasteiger partial charge in [0.25, 0.3) is 0 Å². The normalized spacial score (nSPS) is 12.6. The van der Waals surface area contributed by atoms with Crippen molar-refractivity contribution in [1.29, 1.82) is 0 Å². The Labute approximate surface area is 108 Å². The van der Waals surface area contributed by atoms with Gasteiger partial charge in [0.1, 0.15) is 0 Å².